The fourth-order valence-corrected chi connectivity index (χ4v) is 3.76. The van der Waals surface area contributed by atoms with Gasteiger partial charge in [0, 0.05) is 43.4 Å². The van der Waals surface area contributed by atoms with Crippen molar-refractivity contribution in [2.24, 2.45) is 0 Å². The average molecular weight is 459 g/mol. The van der Waals surface area contributed by atoms with E-state index in [9.17, 15) is 14.4 Å². The molecule has 0 saturated carbocycles. The van der Waals surface area contributed by atoms with E-state index in [0.29, 0.717) is 23.7 Å². The molecule has 0 bridgehead atoms. The van der Waals surface area contributed by atoms with Gasteiger partial charge in [-0.3, -0.25) is 14.4 Å². The van der Waals surface area contributed by atoms with Gasteiger partial charge in [-0.2, -0.15) is 0 Å². The molecule has 0 saturated heterocycles. The highest BCUT2D eigenvalue weighted by Gasteiger charge is 2.16. The van der Waals surface area contributed by atoms with Gasteiger partial charge in [0.1, 0.15) is 12.4 Å². The van der Waals surface area contributed by atoms with Gasteiger partial charge in [-0.05, 0) is 11.6 Å². The maximum atomic E-state index is 11.5. The van der Waals surface area contributed by atoms with Crippen LogP contribution < -0.4 is 14.2 Å². The molecule has 0 heterocycles. The summed E-state index contributed by atoms with van der Waals surface area (Å²) in [6.45, 7) is 4.22. The van der Waals surface area contributed by atoms with Gasteiger partial charge in [0.15, 0.2) is 11.5 Å². The van der Waals surface area contributed by atoms with Crippen LogP contribution >= 0.6 is 11.8 Å². The lowest BCUT2D eigenvalue weighted by Crippen LogP contribution is -2.08. The van der Waals surface area contributed by atoms with Crippen molar-refractivity contribution in [3.63, 3.8) is 0 Å². The topological polar surface area (TPSA) is 88.1 Å². The van der Waals surface area contributed by atoms with Crippen LogP contribution in [0.3, 0.4) is 0 Å². The number of carbonyl (C=O) groups is 3. The number of esters is 3. The van der Waals surface area contributed by atoms with Crippen molar-refractivity contribution in [1.82, 2.24) is 0 Å². The Balaban J connectivity index is 2.35. The van der Waals surface area contributed by atoms with Crippen LogP contribution in [0.4, 0.5) is 0 Å². The second-order valence-electron chi connectivity index (χ2n) is 6.63. The fraction of sp³-hybridized carbons (Fsp3) is 0.292. The van der Waals surface area contributed by atoms with Crippen LogP contribution in [0, 0.1) is 0 Å². The number of ether oxygens (including phenoxy) is 4. The third-order valence-electron chi connectivity index (χ3n) is 4.07. The molecule has 1 atom stereocenters. The van der Waals surface area contributed by atoms with Gasteiger partial charge in [-0.1, -0.05) is 42.5 Å². The second-order valence-corrected chi connectivity index (χ2v) is 7.88. The highest BCUT2D eigenvalue weighted by Crippen LogP contribution is 2.37. The molecular weight excluding hydrogens is 432 g/mol. The van der Waals surface area contributed by atoms with E-state index in [2.05, 4.69) is 0 Å². The van der Waals surface area contributed by atoms with Crippen molar-refractivity contribution in [3.8, 4) is 17.2 Å². The number of methoxy groups -OCH3 is 1. The molecule has 7 nitrogen and oxygen atoms in total. The summed E-state index contributed by atoms with van der Waals surface area (Å²) >= 11 is 1.62. The summed E-state index contributed by atoms with van der Waals surface area (Å²) in [6.07, 6.45) is 3.83. The largest absolute Gasteiger partial charge is 0.496 e. The van der Waals surface area contributed by atoms with E-state index in [1.54, 1.807) is 17.8 Å². The summed E-state index contributed by atoms with van der Waals surface area (Å²) in [4.78, 5) is 34.0. The zero-order valence-electron chi connectivity index (χ0n) is 18.5. The Morgan fingerprint density at radius 3 is 2.09 bits per heavy atom. The van der Waals surface area contributed by atoms with E-state index in [1.807, 2.05) is 42.5 Å². The molecule has 32 heavy (non-hydrogen) atoms. The maximum absolute atomic E-state index is 11.5. The Morgan fingerprint density at radius 1 is 0.906 bits per heavy atom. The highest BCUT2D eigenvalue weighted by atomic mass is 32.2. The second kappa shape index (κ2) is 12.6. The van der Waals surface area contributed by atoms with Crippen LogP contribution in [0.25, 0.3) is 6.08 Å². The van der Waals surface area contributed by atoms with E-state index in [0.717, 1.165) is 5.56 Å². The fourth-order valence-electron chi connectivity index (χ4n) is 2.79. The predicted molar refractivity (Wildman–Crippen MR) is 123 cm³/mol. The van der Waals surface area contributed by atoms with Crippen LogP contribution in [0.2, 0.25) is 0 Å². The van der Waals surface area contributed by atoms with Crippen LogP contribution in [0.15, 0.2) is 48.5 Å². The first-order chi connectivity index (χ1) is 15.3. The molecule has 2 rings (SSSR count). The van der Waals surface area contributed by atoms with Gasteiger partial charge < -0.3 is 18.9 Å². The number of carbonyl (C=O) groups excluding carboxylic acids is 3. The number of thioether (sulfide) groups is 1. The summed E-state index contributed by atoms with van der Waals surface area (Å²) < 4.78 is 20.9. The number of benzene rings is 2. The van der Waals surface area contributed by atoms with E-state index >= 15 is 0 Å². The van der Waals surface area contributed by atoms with Gasteiger partial charge in [-0.25, -0.2) is 0 Å². The summed E-state index contributed by atoms with van der Waals surface area (Å²) in [5.74, 6) is -0.120. The first kappa shape index (κ1) is 25.0. The summed E-state index contributed by atoms with van der Waals surface area (Å²) in [5.41, 5.74) is 1.72. The Hall–Kier alpha value is -3.26. The molecule has 0 aliphatic carbocycles. The molecule has 0 amide bonds. The number of rotatable bonds is 10. The van der Waals surface area contributed by atoms with Gasteiger partial charge in [-0.15, -0.1) is 11.8 Å². The molecule has 2 aromatic rings. The van der Waals surface area contributed by atoms with Gasteiger partial charge in [0.25, 0.3) is 0 Å². The first-order valence-corrected chi connectivity index (χ1v) is 10.9. The lowest BCUT2D eigenvalue weighted by molar-refractivity contribution is -0.140. The van der Waals surface area contributed by atoms with Crippen molar-refractivity contribution in [3.05, 3.63) is 59.7 Å². The molecule has 0 aliphatic heterocycles. The molecule has 170 valence electrons. The average Bonchev–Trinajstić information content (AvgIpc) is 2.74. The zero-order valence-corrected chi connectivity index (χ0v) is 19.3. The molecule has 0 spiro atoms. The maximum Gasteiger partial charge on any atom is 0.308 e. The lowest BCUT2D eigenvalue weighted by atomic mass is 10.1. The van der Waals surface area contributed by atoms with Crippen molar-refractivity contribution >= 4 is 35.7 Å². The monoisotopic (exact) mass is 458 g/mol. The molecule has 0 fully saturated rings. The van der Waals surface area contributed by atoms with Crippen molar-refractivity contribution < 1.29 is 33.3 Å². The summed E-state index contributed by atoms with van der Waals surface area (Å²) in [6, 6.07) is 13.0. The lowest BCUT2D eigenvalue weighted by Gasteiger charge is -2.15. The van der Waals surface area contributed by atoms with E-state index in [1.165, 1.54) is 33.9 Å². The highest BCUT2D eigenvalue weighted by molar-refractivity contribution is 7.99. The van der Waals surface area contributed by atoms with Crippen molar-refractivity contribution in [2.45, 2.75) is 26.0 Å². The standard InChI is InChI=1S/C24H26O7S/c1-16(25)29-12-13-32-24(19-8-6-5-7-9-19)11-10-20-14-22(30-17(2)26)23(31-18(3)27)15-21(20)28-4/h5-11,14-15,24H,12-13H2,1-4H3/b11-10+. The Labute approximate surface area is 191 Å². The molecule has 0 radical (unpaired) electrons. The van der Waals surface area contributed by atoms with Crippen molar-refractivity contribution in [2.75, 3.05) is 19.5 Å². The van der Waals surface area contributed by atoms with E-state index < -0.39 is 11.9 Å². The third-order valence-corrected chi connectivity index (χ3v) is 5.26. The molecule has 0 aromatic heterocycles. The SMILES string of the molecule is COc1cc(OC(C)=O)c(OC(C)=O)cc1/C=C/C(SCCOC(C)=O)c1ccccc1. The van der Waals surface area contributed by atoms with Crippen LogP contribution in [-0.2, 0) is 19.1 Å². The molecule has 0 N–H and O–H groups in total. The third kappa shape index (κ3) is 8.11. The molecule has 8 heteroatoms. The van der Waals surface area contributed by atoms with Crippen molar-refractivity contribution in [1.29, 1.82) is 0 Å². The zero-order chi connectivity index (χ0) is 23.5. The molecule has 2 aromatic carbocycles. The van der Waals surface area contributed by atoms with Crippen LogP contribution in [0.1, 0.15) is 37.1 Å². The predicted octanol–water partition coefficient (Wildman–Crippen LogP) is 4.60. The summed E-state index contributed by atoms with van der Waals surface area (Å²) in [7, 11) is 1.50. The summed E-state index contributed by atoms with van der Waals surface area (Å²) in [5, 5.41) is -0.0261. The number of hydrogen-bond donors (Lipinski definition) is 0. The minimum Gasteiger partial charge on any atom is -0.496 e. The Bertz CT molecular complexity index is 970. The van der Waals surface area contributed by atoms with E-state index in [-0.39, 0.29) is 22.7 Å². The Kier molecular flexibility index (Phi) is 9.81. The quantitative estimate of drug-likeness (QED) is 0.290. The smallest absolute Gasteiger partial charge is 0.308 e. The number of hydrogen-bond acceptors (Lipinski definition) is 8. The minimum atomic E-state index is -0.544. The molecule has 1 unspecified atom stereocenters. The molecule has 0 aliphatic rings. The Morgan fingerprint density at radius 2 is 1.53 bits per heavy atom. The molecular formula is C24H26O7S. The van der Waals surface area contributed by atoms with Crippen LogP contribution in [0.5, 0.6) is 17.2 Å². The van der Waals surface area contributed by atoms with Crippen LogP contribution in [-0.4, -0.2) is 37.4 Å². The minimum absolute atomic E-state index is 0.0261. The van der Waals surface area contributed by atoms with Gasteiger partial charge in [0.05, 0.1) is 7.11 Å². The van der Waals surface area contributed by atoms with Gasteiger partial charge >= 0.3 is 17.9 Å². The normalized spacial score (nSPS) is 11.6. The first-order valence-electron chi connectivity index (χ1n) is 9.87. The van der Waals surface area contributed by atoms with Gasteiger partial charge in [0.2, 0.25) is 0 Å². The van der Waals surface area contributed by atoms with E-state index in [4.69, 9.17) is 18.9 Å².